The third-order valence-electron chi connectivity index (χ3n) is 3.41. The number of thiophene rings is 1. The van der Waals surface area contributed by atoms with Crippen LogP contribution in [0.1, 0.15) is 22.2 Å². The van der Waals surface area contributed by atoms with Crippen LogP contribution in [0.5, 0.6) is 17.4 Å². The zero-order chi connectivity index (χ0) is 18.4. The third-order valence-corrected chi connectivity index (χ3v) is 5.03. The quantitative estimate of drug-likeness (QED) is 0.568. The minimum Gasteiger partial charge on any atom is -0.494 e. The highest BCUT2D eigenvalue weighted by atomic mass is 79.9. The van der Waals surface area contributed by atoms with Crippen LogP contribution in [0, 0.1) is 0 Å². The molecule has 0 spiro atoms. The van der Waals surface area contributed by atoms with Crippen molar-refractivity contribution < 1.29 is 14.3 Å². The van der Waals surface area contributed by atoms with Crippen molar-refractivity contribution in [3.8, 4) is 17.4 Å². The molecule has 3 aromatic rings. The Morgan fingerprint density at radius 2 is 1.92 bits per heavy atom. The largest absolute Gasteiger partial charge is 0.494 e. The van der Waals surface area contributed by atoms with E-state index in [2.05, 4.69) is 26.2 Å². The molecule has 1 N–H and O–H groups in total. The van der Waals surface area contributed by atoms with Crippen molar-refractivity contribution >= 4 is 33.2 Å². The molecule has 5 nitrogen and oxygen atoms in total. The fourth-order valence-corrected chi connectivity index (χ4v) is 3.52. The van der Waals surface area contributed by atoms with Gasteiger partial charge < -0.3 is 14.8 Å². The zero-order valence-electron chi connectivity index (χ0n) is 14.1. The molecule has 7 heteroatoms. The van der Waals surface area contributed by atoms with Crippen molar-refractivity contribution in [3.63, 3.8) is 0 Å². The van der Waals surface area contributed by atoms with E-state index in [0.717, 1.165) is 15.1 Å². The Bertz CT molecular complexity index is 881. The van der Waals surface area contributed by atoms with E-state index in [4.69, 9.17) is 9.47 Å². The molecule has 0 atom stereocenters. The molecule has 0 saturated heterocycles. The molecule has 2 aromatic heterocycles. The van der Waals surface area contributed by atoms with Gasteiger partial charge in [0.25, 0.3) is 5.91 Å². The van der Waals surface area contributed by atoms with Gasteiger partial charge in [0.05, 0.1) is 15.3 Å². The van der Waals surface area contributed by atoms with Crippen molar-refractivity contribution in [2.75, 3.05) is 6.61 Å². The fraction of sp³-hybridized carbons (Fsp3) is 0.158. The van der Waals surface area contributed by atoms with E-state index in [0.29, 0.717) is 29.7 Å². The van der Waals surface area contributed by atoms with Crippen molar-refractivity contribution in [2.24, 2.45) is 0 Å². The number of carbonyl (C=O) groups is 1. The van der Waals surface area contributed by atoms with Gasteiger partial charge in [0, 0.05) is 18.8 Å². The lowest BCUT2D eigenvalue weighted by molar-refractivity contribution is 0.0955. The number of hydrogen-bond acceptors (Lipinski definition) is 5. The summed E-state index contributed by atoms with van der Waals surface area (Å²) in [6.07, 6.45) is 1.66. The number of pyridine rings is 1. The number of rotatable bonds is 7. The number of hydrogen-bond donors (Lipinski definition) is 1. The normalized spacial score (nSPS) is 10.4. The average molecular weight is 433 g/mol. The molecule has 3 rings (SSSR count). The monoisotopic (exact) mass is 432 g/mol. The summed E-state index contributed by atoms with van der Waals surface area (Å²) in [7, 11) is 0. The molecule has 0 saturated carbocycles. The van der Waals surface area contributed by atoms with Gasteiger partial charge in [-0.2, -0.15) is 0 Å². The Morgan fingerprint density at radius 3 is 2.62 bits per heavy atom. The Kier molecular flexibility index (Phi) is 6.25. The van der Waals surface area contributed by atoms with Crippen LogP contribution in [0.2, 0.25) is 0 Å². The standard InChI is InChI=1S/C19H17BrN2O3S/c1-2-24-14-3-5-15(6-4-14)25-18-11-13(9-10-21-18)12-22-19(23)16-7-8-17(20)26-16/h3-11H,2,12H2,1H3,(H,22,23). The Morgan fingerprint density at radius 1 is 1.15 bits per heavy atom. The molecule has 2 heterocycles. The predicted molar refractivity (Wildman–Crippen MR) is 105 cm³/mol. The Balaban J connectivity index is 1.60. The predicted octanol–water partition coefficient (Wildman–Crippen LogP) is 5.03. The Labute approximate surface area is 164 Å². The SMILES string of the molecule is CCOc1ccc(Oc2cc(CNC(=O)c3ccc(Br)s3)ccn2)cc1. The second kappa shape index (κ2) is 8.82. The molecule has 0 fully saturated rings. The summed E-state index contributed by atoms with van der Waals surface area (Å²) in [4.78, 5) is 17.0. The number of benzene rings is 1. The highest BCUT2D eigenvalue weighted by Crippen LogP contribution is 2.24. The minimum absolute atomic E-state index is 0.105. The molecule has 0 aliphatic rings. The first-order valence-electron chi connectivity index (χ1n) is 8.03. The lowest BCUT2D eigenvalue weighted by Gasteiger charge is -2.08. The molecular formula is C19H17BrN2O3S. The number of carbonyl (C=O) groups excluding carboxylic acids is 1. The average Bonchev–Trinajstić information content (AvgIpc) is 3.08. The summed E-state index contributed by atoms with van der Waals surface area (Å²) < 4.78 is 12.1. The molecule has 1 amide bonds. The summed E-state index contributed by atoms with van der Waals surface area (Å²) in [6, 6.07) is 14.7. The topological polar surface area (TPSA) is 60.5 Å². The molecule has 0 bridgehead atoms. The van der Waals surface area contributed by atoms with Gasteiger partial charge in [0.15, 0.2) is 0 Å². The molecular weight excluding hydrogens is 416 g/mol. The van der Waals surface area contributed by atoms with E-state index in [1.54, 1.807) is 18.3 Å². The molecule has 26 heavy (non-hydrogen) atoms. The van der Waals surface area contributed by atoms with E-state index in [1.807, 2.05) is 43.3 Å². The molecule has 0 radical (unpaired) electrons. The van der Waals surface area contributed by atoms with E-state index < -0.39 is 0 Å². The number of nitrogens with one attached hydrogen (secondary N) is 1. The van der Waals surface area contributed by atoms with Gasteiger partial charge in [-0.25, -0.2) is 4.98 Å². The van der Waals surface area contributed by atoms with Gasteiger partial charge >= 0.3 is 0 Å². The van der Waals surface area contributed by atoms with Crippen LogP contribution in [0.25, 0.3) is 0 Å². The van der Waals surface area contributed by atoms with Gasteiger partial charge in [0.1, 0.15) is 11.5 Å². The van der Waals surface area contributed by atoms with E-state index in [1.165, 1.54) is 11.3 Å². The van der Waals surface area contributed by atoms with Crippen LogP contribution >= 0.6 is 27.3 Å². The number of aromatic nitrogens is 1. The van der Waals surface area contributed by atoms with Crippen LogP contribution in [0.4, 0.5) is 0 Å². The number of amides is 1. The zero-order valence-corrected chi connectivity index (χ0v) is 16.5. The maximum absolute atomic E-state index is 12.1. The van der Waals surface area contributed by atoms with Crippen molar-refractivity contribution in [3.05, 3.63) is 69.0 Å². The van der Waals surface area contributed by atoms with Crippen molar-refractivity contribution in [1.82, 2.24) is 10.3 Å². The van der Waals surface area contributed by atoms with Gasteiger partial charge in [0.2, 0.25) is 5.88 Å². The smallest absolute Gasteiger partial charge is 0.261 e. The van der Waals surface area contributed by atoms with E-state index in [-0.39, 0.29) is 5.91 Å². The summed E-state index contributed by atoms with van der Waals surface area (Å²) in [6.45, 7) is 2.96. The van der Waals surface area contributed by atoms with Gasteiger partial charge in [-0.1, -0.05) is 0 Å². The second-order valence-electron chi connectivity index (χ2n) is 5.30. The number of nitrogens with zero attached hydrogens (tertiary/aromatic N) is 1. The number of halogens is 1. The highest BCUT2D eigenvalue weighted by molar-refractivity contribution is 9.11. The van der Waals surface area contributed by atoms with Crippen LogP contribution < -0.4 is 14.8 Å². The Hall–Kier alpha value is -2.38. The fourth-order valence-electron chi connectivity index (χ4n) is 2.21. The van der Waals surface area contributed by atoms with Gasteiger partial charge in [-0.3, -0.25) is 4.79 Å². The van der Waals surface area contributed by atoms with Crippen LogP contribution in [-0.4, -0.2) is 17.5 Å². The van der Waals surface area contributed by atoms with Crippen molar-refractivity contribution in [2.45, 2.75) is 13.5 Å². The van der Waals surface area contributed by atoms with Crippen LogP contribution in [0.15, 0.2) is 58.5 Å². The van der Waals surface area contributed by atoms with E-state index >= 15 is 0 Å². The maximum Gasteiger partial charge on any atom is 0.261 e. The second-order valence-corrected chi connectivity index (χ2v) is 7.76. The molecule has 134 valence electrons. The van der Waals surface area contributed by atoms with Crippen LogP contribution in [0.3, 0.4) is 0 Å². The molecule has 1 aromatic carbocycles. The molecule has 0 unspecified atom stereocenters. The molecule has 0 aliphatic heterocycles. The first-order valence-corrected chi connectivity index (χ1v) is 9.64. The summed E-state index contributed by atoms with van der Waals surface area (Å²) in [5.41, 5.74) is 0.907. The van der Waals surface area contributed by atoms with Gasteiger partial charge in [-0.05, 0) is 70.9 Å². The first kappa shape index (κ1) is 18.4. The maximum atomic E-state index is 12.1. The summed E-state index contributed by atoms with van der Waals surface area (Å²) >= 11 is 4.75. The first-order chi connectivity index (χ1) is 12.6. The lowest BCUT2D eigenvalue weighted by Crippen LogP contribution is -2.21. The van der Waals surface area contributed by atoms with Crippen molar-refractivity contribution in [1.29, 1.82) is 0 Å². The van der Waals surface area contributed by atoms with Gasteiger partial charge in [-0.15, -0.1) is 11.3 Å². The summed E-state index contributed by atoms with van der Waals surface area (Å²) in [5, 5.41) is 2.89. The third kappa shape index (κ3) is 5.06. The van der Waals surface area contributed by atoms with E-state index in [9.17, 15) is 4.79 Å². The summed E-state index contributed by atoms with van der Waals surface area (Å²) in [5.74, 6) is 1.83. The highest BCUT2D eigenvalue weighted by Gasteiger charge is 2.08. The minimum atomic E-state index is -0.105. The lowest BCUT2D eigenvalue weighted by atomic mass is 10.2. The van der Waals surface area contributed by atoms with Crippen LogP contribution in [-0.2, 0) is 6.54 Å². The molecule has 0 aliphatic carbocycles. The number of ether oxygens (including phenoxy) is 2.